The number of hydrogen-bond acceptors (Lipinski definition) is 3. The Balaban J connectivity index is 1.47. The Hall–Kier alpha value is -2.27. The number of benzene rings is 2. The molecule has 5 heteroatoms. The van der Waals surface area contributed by atoms with Crippen molar-refractivity contribution in [2.45, 2.75) is 36.7 Å². The van der Waals surface area contributed by atoms with E-state index < -0.39 is 0 Å². The van der Waals surface area contributed by atoms with Gasteiger partial charge in [0.15, 0.2) is 0 Å². The molecular weight excluding hydrogens is 356 g/mol. The number of thioether (sulfide) groups is 1. The third kappa shape index (κ3) is 4.03. The minimum absolute atomic E-state index is 0.0423. The van der Waals surface area contributed by atoms with Crippen LogP contribution in [-0.4, -0.2) is 35.6 Å². The average Bonchev–Trinajstić information content (AvgIpc) is 3.48. The predicted octanol–water partition coefficient (Wildman–Crippen LogP) is 3.95. The predicted molar refractivity (Wildman–Crippen MR) is 109 cm³/mol. The monoisotopic (exact) mass is 380 g/mol. The third-order valence-corrected chi connectivity index (χ3v) is 6.07. The van der Waals surface area contributed by atoms with Crippen molar-refractivity contribution in [3.63, 3.8) is 0 Å². The average molecular weight is 381 g/mol. The van der Waals surface area contributed by atoms with Crippen molar-refractivity contribution < 1.29 is 9.59 Å². The normalized spacial score (nSPS) is 19.4. The van der Waals surface area contributed by atoms with Gasteiger partial charge in [0.2, 0.25) is 11.8 Å². The maximum Gasteiger partial charge on any atom is 0.228 e. The van der Waals surface area contributed by atoms with Crippen molar-refractivity contribution in [3.8, 4) is 0 Å². The molecule has 0 spiro atoms. The van der Waals surface area contributed by atoms with Crippen molar-refractivity contribution in [3.05, 3.63) is 60.2 Å². The van der Waals surface area contributed by atoms with Crippen LogP contribution in [0.3, 0.4) is 0 Å². The van der Waals surface area contributed by atoms with E-state index in [1.54, 1.807) is 16.7 Å². The zero-order valence-corrected chi connectivity index (χ0v) is 16.3. The molecule has 2 fully saturated rings. The molecule has 1 heterocycles. The molecule has 1 aliphatic carbocycles. The summed E-state index contributed by atoms with van der Waals surface area (Å²) in [6.07, 6.45) is 4.48. The summed E-state index contributed by atoms with van der Waals surface area (Å²) in [4.78, 5) is 30.7. The Bertz CT molecular complexity index is 818. The van der Waals surface area contributed by atoms with Gasteiger partial charge in [-0.3, -0.25) is 9.59 Å². The van der Waals surface area contributed by atoms with Crippen LogP contribution in [0.2, 0.25) is 0 Å². The summed E-state index contributed by atoms with van der Waals surface area (Å²) in [5.41, 5.74) is 2.03. The van der Waals surface area contributed by atoms with Crippen LogP contribution in [0.5, 0.6) is 0 Å². The van der Waals surface area contributed by atoms with Crippen molar-refractivity contribution >= 4 is 29.3 Å². The van der Waals surface area contributed by atoms with Gasteiger partial charge in [-0.1, -0.05) is 30.3 Å². The van der Waals surface area contributed by atoms with Crippen molar-refractivity contribution in [2.24, 2.45) is 5.92 Å². The summed E-state index contributed by atoms with van der Waals surface area (Å²) in [7, 11) is 0. The molecule has 4 nitrogen and oxygen atoms in total. The molecule has 4 rings (SSSR count). The highest BCUT2D eigenvalue weighted by Gasteiger charge is 2.41. The summed E-state index contributed by atoms with van der Waals surface area (Å²) >= 11 is 1.68. The van der Waals surface area contributed by atoms with Crippen LogP contribution in [0.4, 0.5) is 5.69 Å². The molecule has 2 aliphatic rings. The number of carbonyl (C=O) groups is 2. The van der Waals surface area contributed by atoms with E-state index in [2.05, 4.69) is 12.1 Å². The van der Waals surface area contributed by atoms with E-state index in [4.69, 9.17) is 0 Å². The van der Waals surface area contributed by atoms with Gasteiger partial charge in [0.25, 0.3) is 0 Å². The maximum atomic E-state index is 13.2. The molecule has 1 atom stereocenters. The second-order valence-corrected chi connectivity index (χ2v) is 8.17. The van der Waals surface area contributed by atoms with Gasteiger partial charge >= 0.3 is 0 Å². The highest BCUT2D eigenvalue weighted by Crippen LogP contribution is 2.33. The van der Waals surface area contributed by atoms with Gasteiger partial charge in [-0.05, 0) is 48.9 Å². The van der Waals surface area contributed by atoms with E-state index in [1.807, 2.05) is 53.6 Å². The second-order valence-electron chi connectivity index (χ2n) is 7.29. The van der Waals surface area contributed by atoms with Crippen LogP contribution in [0.1, 0.15) is 24.8 Å². The molecule has 2 amide bonds. The zero-order chi connectivity index (χ0) is 18.8. The number of rotatable bonds is 6. The maximum absolute atomic E-state index is 13.2. The molecule has 1 saturated carbocycles. The Morgan fingerprint density at radius 1 is 1.11 bits per heavy atom. The Morgan fingerprint density at radius 2 is 1.81 bits per heavy atom. The van der Waals surface area contributed by atoms with Gasteiger partial charge in [-0.25, -0.2) is 0 Å². The van der Waals surface area contributed by atoms with E-state index in [9.17, 15) is 9.59 Å². The van der Waals surface area contributed by atoms with E-state index in [0.717, 1.165) is 24.1 Å². The van der Waals surface area contributed by atoms with Crippen LogP contribution in [0.15, 0.2) is 59.5 Å². The molecule has 2 aromatic rings. The highest BCUT2D eigenvalue weighted by molar-refractivity contribution is 7.98. The Kier molecular flexibility index (Phi) is 5.21. The van der Waals surface area contributed by atoms with Gasteiger partial charge in [0, 0.05) is 36.1 Å². The van der Waals surface area contributed by atoms with Gasteiger partial charge in [-0.2, -0.15) is 0 Å². The van der Waals surface area contributed by atoms with Crippen LogP contribution < -0.4 is 4.90 Å². The third-order valence-electron chi connectivity index (χ3n) is 5.32. The minimum Gasteiger partial charge on any atom is -0.335 e. The lowest BCUT2D eigenvalue weighted by Crippen LogP contribution is -2.38. The number of carbonyl (C=O) groups excluding carboxylic acids is 2. The van der Waals surface area contributed by atoms with E-state index in [-0.39, 0.29) is 17.7 Å². The van der Waals surface area contributed by atoms with Gasteiger partial charge < -0.3 is 9.80 Å². The molecular formula is C22H24N2O2S. The highest BCUT2D eigenvalue weighted by atomic mass is 32.2. The van der Waals surface area contributed by atoms with Crippen molar-refractivity contribution in [1.82, 2.24) is 4.90 Å². The fourth-order valence-corrected chi connectivity index (χ4v) is 4.08. The van der Waals surface area contributed by atoms with E-state index in [1.165, 1.54) is 4.90 Å². The van der Waals surface area contributed by atoms with Crippen LogP contribution in [0.25, 0.3) is 0 Å². The van der Waals surface area contributed by atoms with Gasteiger partial charge in [0.1, 0.15) is 0 Å². The van der Waals surface area contributed by atoms with Crippen molar-refractivity contribution in [2.75, 3.05) is 17.7 Å². The number of amides is 2. The molecule has 1 saturated heterocycles. The summed E-state index contributed by atoms with van der Waals surface area (Å²) in [5, 5.41) is 0. The lowest BCUT2D eigenvalue weighted by atomic mass is 10.1. The first-order valence-corrected chi connectivity index (χ1v) is 10.7. The van der Waals surface area contributed by atoms with Gasteiger partial charge in [0.05, 0.1) is 5.92 Å². The summed E-state index contributed by atoms with van der Waals surface area (Å²) < 4.78 is 0. The lowest BCUT2D eigenvalue weighted by molar-refractivity contribution is -0.137. The second kappa shape index (κ2) is 7.77. The zero-order valence-electron chi connectivity index (χ0n) is 15.5. The first kappa shape index (κ1) is 18.1. The molecule has 0 radical (unpaired) electrons. The fourth-order valence-electron chi connectivity index (χ4n) is 3.67. The quantitative estimate of drug-likeness (QED) is 0.713. The first-order valence-electron chi connectivity index (χ1n) is 9.44. The summed E-state index contributed by atoms with van der Waals surface area (Å²) in [6.45, 7) is 1.12. The number of nitrogens with zero attached hydrogens (tertiary/aromatic N) is 2. The lowest BCUT2D eigenvalue weighted by Gasteiger charge is -2.26. The SMILES string of the molecule is CSc1ccc(N2C[C@@H](C(=O)N(Cc3ccccc3)C3CC3)CC2=O)cc1. The van der Waals surface area contributed by atoms with Crippen LogP contribution in [0, 0.1) is 5.92 Å². The number of hydrogen-bond donors (Lipinski definition) is 0. The summed E-state index contributed by atoms with van der Waals surface area (Å²) in [6, 6.07) is 18.4. The Labute approximate surface area is 164 Å². The molecule has 0 bridgehead atoms. The molecule has 0 N–H and O–H groups in total. The first-order chi connectivity index (χ1) is 13.2. The topological polar surface area (TPSA) is 40.6 Å². The Morgan fingerprint density at radius 3 is 2.44 bits per heavy atom. The smallest absolute Gasteiger partial charge is 0.228 e. The molecule has 0 unspecified atom stereocenters. The van der Waals surface area contributed by atoms with E-state index in [0.29, 0.717) is 25.6 Å². The van der Waals surface area contributed by atoms with Crippen molar-refractivity contribution in [1.29, 1.82) is 0 Å². The number of anilines is 1. The minimum atomic E-state index is -0.248. The largest absolute Gasteiger partial charge is 0.335 e. The molecule has 140 valence electrons. The fraction of sp³-hybridized carbons (Fsp3) is 0.364. The standard InChI is InChI=1S/C22H24N2O2S/c1-27-20-11-9-18(10-12-20)23-15-17(13-21(23)25)22(26)24(19-7-8-19)14-16-5-3-2-4-6-16/h2-6,9-12,17,19H,7-8,13-15H2,1H3/t17-/m0/s1. The molecule has 27 heavy (non-hydrogen) atoms. The van der Waals surface area contributed by atoms with Crippen LogP contribution >= 0.6 is 11.8 Å². The molecule has 2 aromatic carbocycles. The van der Waals surface area contributed by atoms with Gasteiger partial charge in [-0.15, -0.1) is 11.8 Å². The molecule has 1 aliphatic heterocycles. The van der Waals surface area contributed by atoms with E-state index >= 15 is 0 Å². The summed E-state index contributed by atoms with van der Waals surface area (Å²) in [5.74, 6) is -0.0827. The molecule has 0 aromatic heterocycles. The van der Waals surface area contributed by atoms with Crippen LogP contribution in [-0.2, 0) is 16.1 Å².